The van der Waals surface area contributed by atoms with Crippen LogP contribution in [0.5, 0.6) is 0 Å². The zero-order valence-corrected chi connectivity index (χ0v) is 10.3. The third-order valence-corrected chi connectivity index (χ3v) is 3.11. The Morgan fingerprint density at radius 3 is 2.60 bits per heavy atom. The molecule has 0 bridgehead atoms. The van der Waals surface area contributed by atoms with Gasteiger partial charge in [0.15, 0.2) is 0 Å². The molecule has 0 aliphatic rings. The van der Waals surface area contributed by atoms with Gasteiger partial charge in [-0.25, -0.2) is 0 Å². The molecular formula is C11H17ClN2O. The summed E-state index contributed by atoms with van der Waals surface area (Å²) >= 11 is 6.04. The van der Waals surface area contributed by atoms with E-state index < -0.39 is 0 Å². The van der Waals surface area contributed by atoms with Crippen molar-refractivity contribution in [2.45, 2.75) is 31.7 Å². The van der Waals surface area contributed by atoms with Gasteiger partial charge >= 0.3 is 0 Å². The van der Waals surface area contributed by atoms with E-state index in [1.807, 2.05) is 26.8 Å². The van der Waals surface area contributed by atoms with Gasteiger partial charge < -0.3 is 9.88 Å². The van der Waals surface area contributed by atoms with E-state index in [0.717, 1.165) is 5.69 Å². The Bertz CT molecular complexity index is 396. The molecule has 1 aromatic heterocycles. The minimum Gasteiger partial charge on any atom is -0.378 e. The minimum absolute atomic E-state index is 0.0263. The van der Waals surface area contributed by atoms with Gasteiger partial charge in [0, 0.05) is 30.5 Å². The number of aryl methyl sites for hydroxylation is 1. The number of rotatable bonds is 3. The summed E-state index contributed by atoms with van der Waals surface area (Å²) < 4.78 is 1.53. The number of halogens is 1. The number of aromatic nitrogens is 1. The smallest absolute Gasteiger partial charge is 0.252 e. The lowest BCUT2D eigenvalue weighted by Gasteiger charge is -2.30. The molecule has 1 unspecified atom stereocenters. The molecule has 0 saturated carbocycles. The number of hydrogen-bond acceptors (Lipinski definition) is 2. The molecule has 1 N–H and O–H groups in total. The van der Waals surface area contributed by atoms with E-state index in [0.29, 0.717) is 0 Å². The molecule has 84 valence electrons. The normalized spacial score (nSPS) is 13.7. The molecule has 1 aromatic rings. The Morgan fingerprint density at radius 2 is 2.13 bits per heavy atom. The second-order valence-electron chi connectivity index (χ2n) is 4.33. The van der Waals surface area contributed by atoms with E-state index in [2.05, 4.69) is 5.32 Å². The Balaban J connectivity index is 2.91. The average Bonchev–Trinajstić information content (AvgIpc) is 2.10. The van der Waals surface area contributed by atoms with Gasteiger partial charge in [-0.15, -0.1) is 11.6 Å². The molecule has 3 nitrogen and oxygen atoms in total. The summed E-state index contributed by atoms with van der Waals surface area (Å²) in [5.41, 5.74) is 0.530. The Morgan fingerprint density at radius 1 is 1.53 bits per heavy atom. The van der Waals surface area contributed by atoms with Crippen molar-refractivity contribution >= 4 is 17.3 Å². The lowest BCUT2D eigenvalue weighted by atomic mass is 10.0. The Kier molecular flexibility index (Phi) is 3.45. The predicted molar refractivity (Wildman–Crippen MR) is 64.7 cm³/mol. The van der Waals surface area contributed by atoms with Crippen molar-refractivity contribution < 1.29 is 0 Å². The largest absolute Gasteiger partial charge is 0.378 e. The molecule has 4 heteroatoms. The molecule has 0 radical (unpaired) electrons. The fourth-order valence-electron chi connectivity index (χ4n) is 1.10. The van der Waals surface area contributed by atoms with E-state index >= 15 is 0 Å². The number of pyridine rings is 1. The van der Waals surface area contributed by atoms with Crippen molar-refractivity contribution in [3.8, 4) is 0 Å². The zero-order chi connectivity index (χ0) is 11.6. The summed E-state index contributed by atoms with van der Waals surface area (Å²) in [6.07, 6.45) is 1.74. The quantitative estimate of drug-likeness (QED) is 0.805. The summed E-state index contributed by atoms with van der Waals surface area (Å²) in [5, 5.41) is 3.21. The third kappa shape index (κ3) is 2.99. The van der Waals surface area contributed by atoms with Crippen LogP contribution in [0.15, 0.2) is 23.1 Å². The Labute approximate surface area is 95.1 Å². The fraction of sp³-hybridized carbons (Fsp3) is 0.545. The van der Waals surface area contributed by atoms with Crippen molar-refractivity contribution in [1.29, 1.82) is 0 Å². The van der Waals surface area contributed by atoms with Crippen molar-refractivity contribution in [2.24, 2.45) is 7.05 Å². The van der Waals surface area contributed by atoms with Crippen LogP contribution in [0.25, 0.3) is 0 Å². The minimum atomic E-state index is -0.242. The van der Waals surface area contributed by atoms with Gasteiger partial charge in [0.05, 0.1) is 5.38 Å². The summed E-state index contributed by atoms with van der Waals surface area (Å²) in [5.74, 6) is 0. The molecule has 15 heavy (non-hydrogen) atoms. The SMILES string of the molecule is CC(Cl)C(C)(C)Nc1ccn(C)c(=O)c1. The highest BCUT2D eigenvalue weighted by Gasteiger charge is 2.23. The summed E-state index contributed by atoms with van der Waals surface area (Å²) in [4.78, 5) is 11.4. The maximum Gasteiger partial charge on any atom is 0.252 e. The summed E-state index contributed by atoms with van der Waals surface area (Å²) in [7, 11) is 1.72. The third-order valence-electron chi connectivity index (χ3n) is 2.57. The molecule has 0 amide bonds. The molecule has 0 saturated heterocycles. The number of nitrogens with one attached hydrogen (secondary N) is 1. The maximum atomic E-state index is 11.4. The Hall–Kier alpha value is -0.960. The molecule has 0 aromatic carbocycles. The highest BCUT2D eigenvalue weighted by molar-refractivity contribution is 6.21. The van der Waals surface area contributed by atoms with Crippen LogP contribution in [0.2, 0.25) is 0 Å². The van der Waals surface area contributed by atoms with Crippen molar-refractivity contribution in [3.05, 3.63) is 28.7 Å². The molecule has 1 atom stereocenters. The number of nitrogens with zero attached hydrogens (tertiary/aromatic N) is 1. The van der Waals surface area contributed by atoms with Crippen LogP contribution in [-0.2, 0) is 7.05 Å². The average molecular weight is 229 g/mol. The highest BCUT2D eigenvalue weighted by Crippen LogP contribution is 2.20. The molecular weight excluding hydrogens is 212 g/mol. The van der Waals surface area contributed by atoms with Gasteiger partial charge in [-0.1, -0.05) is 0 Å². The topological polar surface area (TPSA) is 34.0 Å². The van der Waals surface area contributed by atoms with Gasteiger partial charge in [0.25, 0.3) is 5.56 Å². The van der Waals surface area contributed by atoms with Crippen LogP contribution in [-0.4, -0.2) is 15.5 Å². The van der Waals surface area contributed by atoms with E-state index in [1.54, 1.807) is 19.3 Å². The lowest BCUT2D eigenvalue weighted by molar-refractivity contribution is 0.555. The van der Waals surface area contributed by atoms with E-state index in [4.69, 9.17) is 11.6 Å². The number of anilines is 1. The van der Waals surface area contributed by atoms with Gasteiger partial charge in [-0.2, -0.15) is 0 Å². The van der Waals surface area contributed by atoms with Crippen LogP contribution >= 0.6 is 11.6 Å². The number of alkyl halides is 1. The van der Waals surface area contributed by atoms with Gasteiger partial charge in [0.2, 0.25) is 0 Å². The standard InChI is InChI=1S/C11H17ClN2O/c1-8(12)11(2,3)13-9-5-6-14(4)10(15)7-9/h5-8,13H,1-4H3. The van der Waals surface area contributed by atoms with Crippen molar-refractivity contribution in [3.63, 3.8) is 0 Å². The molecule has 0 aliphatic heterocycles. The van der Waals surface area contributed by atoms with E-state index in [1.165, 1.54) is 4.57 Å². The van der Waals surface area contributed by atoms with Crippen LogP contribution in [0, 0.1) is 0 Å². The molecule has 0 fully saturated rings. The summed E-state index contributed by atoms with van der Waals surface area (Å²) in [6.45, 7) is 5.93. The van der Waals surface area contributed by atoms with Crippen molar-refractivity contribution in [1.82, 2.24) is 4.57 Å². The van der Waals surface area contributed by atoms with Gasteiger partial charge in [0.1, 0.15) is 0 Å². The van der Waals surface area contributed by atoms with Crippen molar-refractivity contribution in [2.75, 3.05) is 5.32 Å². The van der Waals surface area contributed by atoms with E-state index in [9.17, 15) is 4.79 Å². The van der Waals surface area contributed by atoms with Gasteiger partial charge in [-0.05, 0) is 26.8 Å². The van der Waals surface area contributed by atoms with Gasteiger partial charge in [-0.3, -0.25) is 4.79 Å². The van der Waals surface area contributed by atoms with Crippen LogP contribution in [0.1, 0.15) is 20.8 Å². The van der Waals surface area contributed by atoms with Crippen LogP contribution in [0.3, 0.4) is 0 Å². The molecule has 1 heterocycles. The first-order valence-electron chi connectivity index (χ1n) is 4.92. The second-order valence-corrected chi connectivity index (χ2v) is 4.98. The first-order valence-corrected chi connectivity index (χ1v) is 5.35. The van der Waals surface area contributed by atoms with E-state index in [-0.39, 0.29) is 16.5 Å². The monoisotopic (exact) mass is 228 g/mol. The molecule has 0 spiro atoms. The zero-order valence-electron chi connectivity index (χ0n) is 9.54. The molecule has 0 aliphatic carbocycles. The second kappa shape index (κ2) is 4.27. The van der Waals surface area contributed by atoms with Crippen LogP contribution < -0.4 is 10.9 Å². The maximum absolute atomic E-state index is 11.4. The molecule has 1 rings (SSSR count). The first kappa shape index (κ1) is 12.1. The fourth-order valence-corrected chi connectivity index (χ4v) is 1.15. The summed E-state index contributed by atoms with van der Waals surface area (Å²) in [6, 6.07) is 3.43. The lowest BCUT2D eigenvalue weighted by Crippen LogP contribution is -2.39. The highest BCUT2D eigenvalue weighted by atomic mass is 35.5. The predicted octanol–water partition coefficient (Wildman–Crippen LogP) is 2.20. The number of hydrogen-bond donors (Lipinski definition) is 1. The first-order chi connectivity index (χ1) is 6.83. The van der Waals surface area contributed by atoms with Crippen LogP contribution in [0.4, 0.5) is 5.69 Å².